The summed E-state index contributed by atoms with van der Waals surface area (Å²) in [5.41, 5.74) is 3.38. The number of carbonyl (C=O) groups excluding carboxylic acids is 3. The van der Waals surface area contributed by atoms with E-state index in [2.05, 4.69) is 10.6 Å². The van der Waals surface area contributed by atoms with Crippen molar-refractivity contribution in [1.29, 1.82) is 0 Å². The second kappa shape index (κ2) is 8.93. The normalized spacial score (nSPS) is 10.2. The second-order valence-corrected chi connectivity index (χ2v) is 6.15. The van der Waals surface area contributed by atoms with E-state index in [-0.39, 0.29) is 12.1 Å². The van der Waals surface area contributed by atoms with Crippen molar-refractivity contribution in [3.8, 4) is 0 Å². The van der Waals surface area contributed by atoms with E-state index in [1.165, 1.54) is 18.2 Å². The summed E-state index contributed by atoms with van der Waals surface area (Å²) < 4.78 is 18.2. The lowest BCUT2D eigenvalue weighted by molar-refractivity contribution is -0.126. The van der Waals surface area contributed by atoms with Crippen LogP contribution in [0.25, 0.3) is 0 Å². The molecule has 27 heavy (non-hydrogen) atoms. The van der Waals surface area contributed by atoms with Crippen LogP contribution in [0.1, 0.15) is 27.0 Å². The van der Waals surface area contributed by atoms with E-state index >= 15 is 0 Å². The molecule has 0 bridgehead atoms. The van der Waals surface area contributed by atoms with Gasteiger partial charge in [0.1, 0.15) is 5.82 Å². The highest BCUT2D eigenvalue weighted by Crippen LogP contribution is 2.21. The van der Waals surface area contributed by atoms with Crippen molar-refractivity contribution < 1.29 is 23.5 Å². The molecule has 0 spiro atoms. The molecule has 0 aliphatic rings. The van der Waals surface area contributed by atoms with Gasteiger partial charge in [0, 0.05) is 5.69 Å². The summed E-state index contributed by atoms with van der Waals surface area (Å²) in [6, 6.07) is 9.20. The Morgan fingerprint density at radius 1 is 1.00 bits per heavy atom. The number of nitrogens with one attached hydrogen (secondary N) is 2. The van der Waals surface area contributed by atoms with Gasteiger partial charge >= 0.3 is 5.97 Å². The Bertz CT molecular complexity index is 857. The lowest BCUT2D eigenvalue weighted by Gasteiger charge is -2.13. The van der Waals surface area contributed by atoms with Gasteiger partial charge in [-0.25, -0.2) is 9.18 Å². The molecule has 7 heteroatoms. The van der Waals surface area contributed by atoms with Crippen molar-refractivity contribution in [3.05, 3.63) is 64.5 Å². The maximum Gasteiger partial charge on any atom is 0.341 e. The van der Waals surface area contributed by atoms with Gasteiger partial charge in [-0.2, -0.15) is 0 Å². The number of aryl methyl sites for hydroxylation is 3. The Hall–Kier alpha value is -3.22. The monoisotopic (exact) mass is 372 g/mol. The summed E-state index contributed by atoms with van der Waals surface area (Å²) in [6.07, 6.45) is 0. The van der Waals surface area contributed by atoms with Crippen LogP contribution in [-0.4, -0.2) is 30.9 Å². The minimum atomic E-state index is -0.946. The van der Waals surface area contributed by atoms with Gasteiger partial charge < -0.3 is 15.4 Å². The lowest BCUT2D eigenvalue weighted by atomic mass is 10.1. The number of carbonyl (C=O) groups is 3. The highest BCUT2D eigenvalue weighted by molar-refractivity contribution is 5.96. The number of esters is 1. The van der Waals surface area contributed by atoms with Crippen LogP contribution in [0.3, 0.4) is 0 Å². The molecule has 0 aromatic heterocycles. The number of rotatable bonds is 6. The topological polar surface area (TPSA) is 84.5 Å². The predicted molar refractivity (Wildman–Crippen MR) is 99.0 cm³/mol. The molecule has 2 amide bonds. The summed E-state index contributed by atoms with van der Waals surface area (Å²) in [6.45, 7) is 4.85. The van der Waals surface area contributed by atoms with Gasteiger partial charge in [0.15, 0.2) is 6.61 Å². The quantitative estimate of drug-likeness (QED) is 0.764. The van der Waals surface area contributed by atoms with Gasteiger partial charge in [0.25, 0.3) is 5.91 Å². The number of hydrogen-bond donors (Lipinski definition) is 2. The predicted octanol–water partition coefficient (Wildman–Crippen LogP) is 2.66. The Morgan fingerprint density at radius 2 is 1.63 bits per heavy atom. The molecule has 0 aliphatic carbocycles. The zero-order valence-electron chi connectivity index (χ0n) is 15.4. The molecule has 0 heterocycles. The molecule has 6 nitrogen and oxygen atoms in total. The summed E-state index contributed by atoms with van der Waals surface area (Å²) in [5.74, 6) is -2.74. The van der Waals surface area contributed by atoms with Crippen LogP contribution in [-0.2, 0) is 14.3 Å². The Labute approximate surface area is 156 Å². The summed E-state index contributed by atoms with van der Waals surface area (Å²) in [7, 11) is 0. The molecule has 2 aromatic rings. The molecule has 0 saturated heterocycles. The fraction of sp³-hybridized carbons (Fsp3) is 0.250. The Morgan fingerprint density at radius 3 is 2.26 bits per heavy atom. The molecule has 0 radical (unpaired) electrons. The van der Waals surface area contributed by atoms with Crippen molar-refractivity contribution >= 4 is 23.5 Å². The number of hydrogen-bond acceptors (Lipinski definition) is 4. The van der Waals surface area contributed by atoms with Crippen LogP contribution in [0, 0.1) is 26.6 Å². The first-order chi connectivity index (χ1) is 12.8. The van der Waals surface area contributed by atoms with Crippen LogP contribution in [0.5, 0.6) is 0 Å². The van der Waals surface area contributed by atoms with Crippen LogP contribution in [0.15, 0.2) is 36.4 Å². The zero-order chi connectivity index (χ0) is 20.0. The fourth-order valence-corrected chi connectivity index (χ4v) is 2.63. The smallest absolute Gasteiger partial charge is 0.341 e. The zero-order valence-corrected chi connectivity index (χ0v) is 15.4. The van der Waals surface area contributed by atoms with Crippen LogP contribution in [0.4, 0.5) is 10.1 Å². The highest BCUT2D eigenvalue weighted by Gasteiger charge is 2.15. The van der Waals surface area contributed by atoms with Gasteiger partial charge in [-0.3, -0.25) is 9.59 Å². The first-order valence-electron chi connectivity index (χ1n) is 8.34. The average molecular weight is 372 g/mol. The molecule has 0 aliphatic heterocycles. The molecular weight excluding hydrogens is 351 g/mol. The number of halogens is 1. The van der Waals surface area contributed by atoms with Gasteiger partial charge in [0.05, 0.1) is 12.1 Å². The first-order valence-corrected chi connectivity index (χ1v) is 8.34. The highest BCUT2D eigenvalue weighted by atomic mass is 19.1. The number of amides is 2. The van der Waals surface area contributed by atoms with Crippen molar-refractivity contribution in [3.63, 3.8) is 0 Å². The van der Waals surface area contributed by atoms with Crippen LogP contribution < -0.4 is 10.6 Å². The number of anilines is 1. The van der Waals surface area contributed by atoms with Crippen molar-refractivity contribution in [2.75, 3.05) is 18.5 Å². The van der Waals surface area contributed by atoms with Gasteiger partial charge in [-0.15, -0.1) is 0 Å². The minimum absolute atomic E-state index is 0.256. The Kier molecular flexibility index (Phi) is 6.65. The molecule has 0 saturated carbocycles. The molecule has 142 valence electrons. The van der Waals surface area contributed by atoms with Gasteiger partial charge in [-0.05, 0) is 44.0 Å². The van der Waals surface area contributed by atoms with Gasteiger partial charge in [-0.1, -0.05) is 29.8 Å². The Balaban J connectivity index is 1.81. The third-order valence-electron chi connectivity index (χ3n) is 3.82. The molecule has 0 fully saturated rings. The van der Waals surface area contributed by atoms with E-state index in [0.717, 1.165) is 22.8 Å². The van der Waals surface area contributed by atoms with Gasteiger partial charge in [0.2, 0.25) is 5.91 Å². The molecule has 2 aromatic carbocycles. The van der Waals surface area contributed by atoms with Crippen molar-refractivity contribution in [1.82, 2.24) is 5.32 Å². The van der Waals surface area contributed by atoms with Crippen molar-refractivity contribution in [2.24, 2.45) is 0 Å². The van der Waals surface area contributed by atoms with E-state index in [1.807, 2.05) is 32.9 Å². The lowest BCUT2D eigenvalue weighted by Crippen LogP contribution is -2.35. The maximum atomic E-state index is 13.5. The number of ether oxygens (including phenoxy) is 1. The van der Waals surface area contributed by atoms with E-state index in [0.29, 0.717) is 5.69 Å². The summed E-state index contributed by atoms with van der Waals surface area (Å²) in [4.78, 5) is 35.5. The third-order valence-corrected chi connectivity index (χ3v) is 3.82. The second-order valence-electron chi connectivity index (χ2n) is 6.15. The summed E-state index contributed by atoms with van der Waals surface area (Å²) in [5, 5.41) is 5.10. The van der Waals surface area contributed by atoms with Crippen LogP contribution >= 0.6 is 0 Å². The molecular formula is C20H21FN2O4. The number of benzene rings is 2. The molecule has 0 unspecified atom stereocenters. The molecule has 2 rings (SSSR count). The fourth-order valence-electron chi connectivity index (χ4n) is 2.63. The molecule has 2 N–H and O–H groups in total. The van der Waals surface area contributed by atoms with E-state index in [1.54, 1.807) is 0 Å². The van der Waals surface area contributed by atoms with Crippen LogP contribution in [0.2, 0.25) is 0 Å². The third kappa shape index (κ3) is 5.64. The van der Waals surface area contributed by atoms with Crippen molar-refractivity contribution in [2.45, 2.75) is 20.8 Å². The average Bonchev–Trinajstić information content (AvgIpc) is 2.61. The molecule has 0 atom stereocenters. The maximum absolute atomic E-state index is 13.5. The largest absolute Gasteiger partial charge is 0.452 e. The van der Waals surface area contributed by atoms with E-state index in [9.17, 15) is 18.8 Å². The minimum Gasteiger partial charge on any atom is -0.452 e. The van der Waals surface area contributed by atoms with E-state index < -0.39 is 30.2 Å². The van der Waals surface area contributed by atoms with E-state index in [4.69, 9.17) is 4.74 Å². The first kappa shape index (κ1) is 20.1. The SMILES string of the molecule is Cc1cc(C)c(NC(=O)CNC(=O)COC(=O)c2ccccc2F)c(C)c1. The summed E-state index contributed by atoms with van der Waals surface area (Å²) >= 11 is 0. The standard InChI is InChI=1S/C20H21FN2O4/c1-12-8-13(2)19(14(3)9-12)23-17(24)10-22-18(25)11-27-20(26)15-6-4-5-7-16(15)21/h4-9H,10-11H2,1-3H3,(H,22,25)(H,23,24).